The van der Waals surface area contributed by atoms with Gasteiger partial charge in [-0.15, -0.1) is 0 Å². The molecule has 0 aromatic rings. The molecular formula is C13H20O2. The molecule has 1 saturated carbocycles. The fourth-order valence-corrected chi connectivity index (χ4v) is 2.73. The maximum Gasteiger partial charge on any atom is 0.168 e. The molecule has 15 heavy (non-hydrogen) atoms. The molecule has 2 aliphatic carbocycles. The summed E-state index contributed by atoms with van der Waals surface area (Å²) in [6.45, 7) is 6.95. The molecule has 0 aliphatic heterocycles. The van der Waals surface area contributed by atoms with E-state index >= 15 is 0 Å². The van der Waals surface area contributed by atoms with Crippen LogP contribution in [0.25, 0.3) is 0 Å². The summed E-state index contributed by atoms with van der Waals surface area (Å²) in [5.41, 5.74) is -0.446. The Morgan fingerprint density at radius 3 is 3.00 bits per heavy atom. The first-order valence-corrected chi connectivity index (χ1v) is 5.93. The van der Waals surface area contributed by atoms with Gasteiger partial charge in [0.15, 0.2) is 5.78 Å². The predicted octanol–water partition coefficient (Wildman–Crippen LogP) is 2.58. The Kier molecular flexibility index (Phi) is 2.72. The molecule has 1 fully saturated rings. The summed E-state index contributed by atoms with van der Waals surface area (Å²) in [5.74, 6) is 1.30. The van der Waals surface area contributed by atoms with E-state index in [0.717, 1.165) is 12.8 Å². The molecule has 84 valence electrons. The van der Waals surface area contributed by atoms with Crippen LogP contribution in [-0.2, 0) is 9.53 Å². The lowest BCUT2D eigenvalue weighted by Crippen LogP contribution is -2.64. The number of hydrogen-bond donors (Lipinski definition) is 0. The standard InChI is InChI=1S/C13H20O2/c1-9(2)8-15-13-7-5-4-6-11(13)10(3)12(13)14/h4,6,9-11H,5,7-8H2,1-3H3. The minimum absolute atomic E-state index is 0.161. The van der Waals surface area contributed by atoms with E-state index in [1.807, 2.05) is 6.92 Å². The number of hydrogen-bond acceptors (Lipinski definition) is 2. The zero-order valence-corrected chi connectivity index (χ0v) is 9.82. The molecule has 0 saturated heterocycles. The summed E-state index contributed by atoms with van der Waals surface area (Å²) >= 11 is 0. The molecule has 0 aromatic carbocycles. The normalized spacial score (nSPS) is 39.1. The van der Waals surface area contributed by atoms with Crippen molar-refractivity contribution in [2.75, 3.05) is 6.61 Å². The van der Waals surface area contributed by atoms with E-state index in [1.165, 1.54) is 0 Å². The smallest absolute Gasteiger partial charge is 0.168 e. The Balaban J connectivity index is 2.10. The molecule has 2 heteroatoms. The number of allylic oxidation sites excluding steroid dienone is 1. The van der Waals surface area contributed by atoms with Crippen molar-refractivity contribution in [3.8, 4) is 0 Å². The van der Waals surface area contributed by atoms with Gasteiger partial charge in [0.05, 0.1) is 6.61 Å². The average Bonchev–Trinajstić information content (AvgIpc) is 2.25. The number of rotatable bonds is 3. The molecule has 0 aromatic heterocycles. The molecule has 2 aliphatic rings. The minimum atomic E-state index is -0.446. The van der Waals surface area contributed by atoms with Gasteiger partial charge < -0.3 is 4.74 Å². The van der Waals surface area contributed by atoms with E-state index in [2.05, 4.69) is 26.0 Å². The summed E-state index contributed by atoms with van der Waals surface area (Å²) in [7, 11) is 0. The van der Waals surface area contributed by atoms with Crippen LogP contribution in [0, 0.1) is 17.8 Å². The Bertz CT molecular complexity index is 293. The van der Waals surface area contributed by atoms with Crippen LogP contribution in [0.5, 0.6) is 0 Å². The monoisotopic (exact) mass is 208 g/mol. The number of ether oxygens (including phenoxy) is 1. The van der Waals surface area contributed by atoms with Crippen molar-refractivity contribution in [3.63, 3.8) is 0 Å². The van der Waals surface area contributed by atoms with E-state index in [0.29, 0.717) is 24.2 Å². The Labute approximate surface area is 91.7 Å². The summed E-state index contributed by atoms with van der Waals surface area (Å²) in [5, 5.41) is 0. The maximum atomic E-state index is 12.0. The molecule has 0 radical (unpaired) electrons. The fraction of sp³-hybridized carbons (Fsp3) is 0.769. The van der Waals surface area contributed by atoms with E-state index in [-0.39, 0.29) is 5.92 Å². The maximum absolute atomic E-state index is 12.0. The van der Waals surface area contributed by atoms with Gasteiger partial charge in [-0.2, -0.15) is 0 Å². The van der Waals surface area contributed by atoms with Crippen molar-refractivity contribution in [1.82, 2.24) is 0 Å². The van der Waals surface area contributed by atoms with Crippen LogP contribution in [0.4, 0.5) is 0 Å². The van der Waals surface area contributed by atoms with Crippen LogP contribution in [0.1, 0.15) is 33.6 Å². The van der Waals surface area contributed by atoms with Crippen molar-refractivity contribution in [2.24, 2.45) is 17.8 Å². The summed E-state index contributed by atoms with van der Waals surface area (Å²) in [4.78, 5) is 12.0. The van der Waals surface area contributed by atoms with Crippen molar-refractivity contribution >= 4 is 5.78 Å². The van der Waals surface area contributed by atoms with Crippen LogP contribution in [0.3, 0.4) is 0 Å². The van der Waals surface area contributed by atoms with Crippen molar-refractivity contribution in [1.29, 1.82) is 0 Å². The van der Waals surface area contributed by atoms with Crippen LogP contribution in [-0.4, -0.2) is 18.0 Å². The Morgan fingerprint density at radius 1 is 1.60 bits per heavy atom. The largest absolute Gasteiger partial charge is 0.366 e. The highest BCUT2D eigenvalue weighted by atomic mass is 16.5. The number of ketones is 1. The number of carbonyl (C=O) groups excluding carboxylic acids is 1. The first kappa shape index (κ1) is 10.9. The van der Waals surface area contributed by atoms with Crippen molar-refractivity contribution in [2.45, 2.75) is 39.2 Å². The van der Waals surface area contributed by atoms with Gasteiger partial charge in [0.1, 0.15) is 5.60 Å². The number of Topliss-reactive ketones (excluding diaryl/α,β-unsaturated/α-hetero) is 1. The van der Waals surface area contributed by atoms with Gasteiger partial charge in [-0.25, -0.2) is 0 Å². The Hall–Kier alpha value is -0.630. The van der Waals surface area contributed by atoms with E-state index in [1.54, 1.807) is 0 Å². The molecule has 0 spiro atoms. The molecule has 0 bridgehead atoms. The second-order valence-corrected chi connectivity index (χ2v) is 5.24. The van der Waals surface area contributed by atoms with Gasteiger partial charge in [0, 0.05) is 11.8 Å². The van der Waals surface area contributed by atoms with E-state index in [4.69, 9.17) is 4.74 Å². The van der Waals surface area contributed by atoms with E-state index in [9.17, 15) is 4.79 Å². The summed E-state index contributed by atoms with van der Waals surface area (Å²) < 4.78 is 5.91. The summed E-state index contributed by atoms with van der Waals surface area (Å²) in [6, 6.07) is 0. The first-order chi connectivity index (χ1) is 7.08. The Morgan fingerprint density at radius 2 is 2.33 bits per heavy atom. The van der Waals surface area contributed by atoms with Crippen LogP contribution < -0.4 is 0 Å². The third-order valence-electron chi connectivity index (χ3n) is 3.61. The first-order valence-electron chi connectivity index (χ1n) is 5.93. The van der Waals surface area contributed by atoms with E-state index < -0.39 is 5.60 Å². The highest BCUT2D eigenvalue weighted by molar-refractivity contribution is 5.97. The van der Waals surface area contributed by atoms with Gasteiger partial charge in [-0.1, -0.05) is 32.9 Å². The van der Waals surface area contributed by atoms with Crippen molar-refractivity contribution < 1.29 is 9.53 Å². The zero-order chi connectivity index (χ0) is 11.1. The average molecular weight is 208 g/mol. The third kappa shape index (κ3) is 1.55. The lowest BCUT2D eigenvalue weighted by atomic mass is 9.57. The second-order valence-electron chi connectivity index (χ2n) is 5.24. The van der Waals surface area contributed by atoms with Gasteiger partial charge in [-0.3, -0.25) is 4.79 Å². The number of fused-ring (bicyclic) bond motifs is 1. The molecule has 0 heterocycles. The van der Waals surface area contributed by atoms with Gasteiger partial charge in [-0.05, 0) is 18.8 Å². The molecule has 2 nitrogen and oxygen atoms in total. The zero-order valence-electron chi connectivity index (χ0n) is 9.82. The van der Waals surface area contributed by atoms with Gasteiger partial charge >= 0.3 is 0 Å². The van der Waals surface area contributed by atoms with Crippen LogP contribution >= 0.6 is 0 Å². The molecular weight excluding hydrogens is 188 g/mol. The lowest BCUT2D eigenvalue weighted by molar-refractivity contribution is -0.187. The fourth-order valence-electron chi connectivity index (χ4n) is 2.73. The lowest BCUT2D eigenvalue weighted by Gasteiger charge is -2.52. The highest BCUT2D eigenvalue weighted by Gasteiger charge is 2.60. The minimum Gasteiger partial charge on any atom is -0.366 e. The topological polar surface area (TPSA) is 26.3 Å². The number of carbonyl (C=O) groups is 1. The van der Waals surface area contributed by atoms with Crippen LogP contribution in [0.15, 0.2) is 12.2 Å². The van der Waals surface area contributed by atoms with Crippen LogP contribution in [0.2, 0.25) is 0 Å². The third-order valence-corrected chi connectivity index (χ3v) is 3.61. The highest BCUT2D eigenvalue weighted by Crippen LogP contribution is 2.49. The molecule has 0 amide bonds. The molecule has 3 atom stereocenters. The predicted molar refractivity (Wildman–Crippen MR) is 59.6 cm³/mol. The second kappa shape index (κ2) is 3.75. The molecule has 0 N–H and O–H groups in total. The van der Waals surface area contributed by atoms with Crippen molar-refractivity contribution in [3.05, 3.63) is 12.2 Å². The molecule has 2 rings (SSSR count). The molecule has 3 unspecified atom stereocenters. The van der Waals surface area contributed by atoms with Gasteiger partial charge in [0.2, 0.25) is 0 Å². The quantitative estimate of drug-likeness (QED) is 0.666. The SMILES string of the molecule is CC(C)COC12CCC=CC1C(C)C2=O. The summed E-state index contributed by atoms with van der Waals surface area (Å²) in [6.07, 6.45) is 6.22. The van der Waals surface area contributed by atoms with Gasteiger partial charge in [0.25, 0.3) is 0 Å².